The highest BCUT2D eigenvalue weighted by molar-refractivity contribution is 5.01. The van der Waals surface area contributed by atoms with E-state index < -0.39 is 0 Å². The lowest BCUT2D eigenvalue weighted by Crippen LogP contribution is -2.59. The summed E-state index contributed by atoms with van der Waals surface area (Å²) in [6.07, 6.45) is 31.1. The van der Waals surface area contributed by atoms with E-state index in [9.17, 15) is 10.2 Å². The van der Waals surface area contributed by atoms with Gasteiger partial charge in [-0.25, -0.2) is 0 Å². The lowest BCUT2D eigenvalue weighted by atomic mass is 9.60. The zero-order valence-electron chi connectivity index (χ0n) is 26.9. The molecule has 0 amide bonds. The molecule has 41 heavy (non-hydrogen) atoms. The molecule has 0 radical (unpaired) electrons. The summed E-state index contributed by atoms with van der Waals surface area (Å²) in [5, 5.41) is 19.4. The number of aliphatic hydroxyl groups is 2. The van der Waals surface area contributed by atoms with E-state index in [1.54, 1.807) is 0 Å². The molecule has 0 aromatic carbocycles. The van der Waals surface area contributed by atoms with Gasteiger partial charge in [0.25, 0.3) is 0 Å². The van der Waals surface area contributed by atoms with Crippen LogP contribution < -0.4 is 0 Å². The molecule has 2 heterocycles. The summed E-state index contributed by atoms with van der Waals surface area (Å²) in [7, 11) is 0. The third-order valence-corrected chi connectivity index (χ3v) is 14.2. The number of rotatable bonds is 4. The first kappa shape index (κ1) is 30.9. The minimum atomic E-state index is -0.0148. The monoisotopic (exact) mass is 571 g/mol. The second-order valence-corrected chi connectivity index (χ2v) is 16.9. The van der Waals surface area contributed by atoms with E-state index in [1.807, 2.05) is 0 Å². The molecule has 236 valence electrons. The van der Waals surface area contributed by atoms with Gasteiger partial charge in [0.1, 0.15) is 0 Å². The van der Waals surface area contributed by atoms with E-state index in [2.05, 4.69) is 13.8 Å². The van der Waals surface area contributed by atoms with Crippen molar-refractivity contribution in [2.45, 2.75) is 180 Å². The van der Waals surface area contributed by atoms with Gasteiger partial charge in [-0.3, -0.25) is 0 Å². The van der Waals surface area contributed by atoms with Gasteiger partial charge in [-0.15, -0.1) is 0 Å². The summed E-state index contributed by atoms with van der Waals surface area (Å²) < 4.78 is 6.15. The Hall–Kier alpha value is -0.120. The summed E-state index contributed by atoms with van der Waals surface area (Å²) in [6, 6.07) is 0. The van der Waals surface area contributed by atoms with E-state index in [4.69, 9.17) is 4.74 Å². The van der Waals surface area contributed by atoms with E-state index in [-0.39, 0.29) is 12.2 Å². The number of ether oxygens (including phenoxy) is 1. The van der Waals surface area contributed by atoms with E-state index in [1.165, 1.54) is 116 Å². The summed E-state index contributed by atoms with van der Waals surface area (Å²) in [6.45, 7) is 4.86. The molecule has 2 atom stereocenters. The van der Waals surface area contributed by atoms with Crippen LogP contribution in [-0.4, -0.2) is 34.6 Å². The summed E-state index contributed by atoms with van der Waals surface area (Å²) in [5.74, 6) is 9.71. The molecule has 2 bridgehead atoms. The van der Waals surface area contributed by atoms with Gasteiger partial charge in [0.15, 0.2) is 0 Å². The number of fused-ring (bicyclic) bond motifs is 2. The van der Waals surface area contributed by atoms with Crippen molar-refractivity contribution in [2.24, 2.45) is 59.2 Å². The van der Waals surface area contributed by atoms with Crippen molar-refractivity contribution < 1.29 is 14.9 Å². The fourth-order valence-corrected chi connectivity index (χ4v) is 11.3. The highest BCUT2D eigenvalue weighted by atomic mass is 16.5. The fraction of sp³-hybridized carbons (Fsp3) is 1.00. The summed E-state index contributed by atoms with van der Waals surface area (Å²) in [4.78, 5) is 0. The highest BCUT2D eigenvalue weighted by Gasteiger charge is 2.53. The van der Waals surface area contributed by atoms with Crippen LogP contribution in [0.5, 0.6) is 0 Å². The zero-order valence-corrected chi connectivity index (χ0v) is 26.9. The smallest absolute Gasteiger partial charge is 0.0637 e. The minimum Gasteiger partial charge on any atom is -0.393 e. The topological polar surface area (TPSA) is 49.7 Å². The first-order chi connectivity index (χ1) is 19.9. The Labute approximate surface area is 253 Å². The first-order valence-corrected chi connectivity index (χ1v) is 18.9. The molecule has 6 saturated carbocycles. The predicted octanol–water partition coefficient (Wildman–Crippen LogP) is 9.33. The maximum Gasteiger partial charge on any atom is 0.0637 e. The van der Waals surface area contributed by atoms with Gasteiger partial charge in [0.05, 0.1) is 24.4 Å². The third-order valence-electron chi connectivity index (χ3n) is 14.2. The third kappa shape index (κ3) is 7.76. The van der Waals surface area contributed by atoms with Gasteiger partial charge in [-0.05, 0) is 169 Å². The van der Waals surface area contributed by atoms with Crippen molar-refractivity contribution in [2.75, 3.05) is 0 Å². The second kappa shape index (κ2) is 14.3. The summed E-state index contributed by atoms with van der Waals surface area (Å²) in [5.41, 5.74) is 0. The molecular weight excluding hydrogens is 504 g/mol. The molecule has 8 aliphatic rings. The van der Waals surface area contributed by atoms with Crippen LogP contribution in [-0.2, 0) is 4.74 Å². The Morgan fingerprint density at radius 2 is 0.659 bits per heavy atom. The first-order valence-electron chi connectivity index (χ1n) is 18.9. The normalized spacial score (nSPS) is 50.6. The van der Waals surface area contributed by atoms with Crippen molar-refractivity contribution >= 4 is 0 Å². The van der Waals surface area contributed by atoms with Crippen LogP contribution in [0.2, 0.25) is 0 Å². The summed E-state index contributed by atoms with van der Waals surface area (Å²) >= 11 is 0. The van der Waals surface area contributed by atoms with Crippen LogP contribution >= 0.6 is 0 Å². The van der Waals surface area contributed by atoms with Crippen molar-refractivity contribution in [3.8, 4) is 0 Å². The molecule has 2 N–H and O–H groups in total. The lowest BCUT2D eigenvalue weighted by molar-refractivity contribution is -0.253. The van der Waals surface area contributed by atoms with Crippen LogP contribution in [0, 0.1) is 59.2 Å². The van der Waals surface area contributed by atoms with Crippen LogP contribution in [0.1, 0.15) is 155 Å². The molecule has 0 aromatic rings. The molecule has 6 aliphatic carbocycles. The molecule has 2 saturated heterocycles. The average Bonchev–Trinajstić information content (AvgIpc) is 3.00. The van der Waals surface area contributed by atoms with Gasteiger partial charge < -0.3 is 14.9 Å². The Morgan fingerprint density at radius 3 is 1.05 bits per heavy atom. The number of aliphatic hydroxyl groups excluding tert-OH is 2. The quantitative estimate of drug-likeness (QED) is 0.354. The maximum atomic E-state index is 9.70. The Morgan fingerprint density at radius 1 is 0.366 bits per heavy atom. The standard InChI is InChI=1S/C19H32O2.C19H34O/c1-12-2-4-13(5-3-12)15-10-17-19(18(11-15)21-17)14-6-8-16(20)9-7-14;1-14-2-4-15(5-3-14)16-6-8-17(9-7-16)18-10-12-19(20)13-11-18/h12-20H,2-11H2,1H3;14-20H,2-13H2,1H3. The van der Waals surface area contributed by atoms with Crippen molar-refractivity contribution in [1.29, 1.82) is 0 Å². The molecular formula is C38H66O3. The van der Waals surface area contributed by atoms with Crippen molar-refractivity contribution in [3.05, 3.63) is 0 Å². The van der Waals surface area contributed by atoms with Crippen LogP contribution in [0.4, 0.5) is 0 Å². The van der Waals surface area contributed by atoms with Crippen LogP contribution in [0.3, 0.4) is 0 Å². The Kier molecular flexibility index (Phi) is 10.8. The highest BCUT2D eigenvalue weighted by Crippen LogP contribution is 2.53. The van der Waals surface area contributed by atoms with Gasteiger partial charge in [-0.2, -0.15) is 0 Å². The van der Waals surface area contributed by atoms with E-state index in [0.29, 0.717) is 12.2 Å². The van der Waals surface area contributed by atoms with Gasteiger partial charge in [-0.1, -0.05) is 39.5 Å². The molecule has 2 aliphatic heterocycles. The molecule has 0 aromatic heterocycles. The second-order valence-electron chi connectivity index (χ2n) is 16.9. The number of hydrogen-bond acceptors (Lipinski definition) is 3. The lowest BCUT2D eigenvalue weighted by Gasteiger charge is -2.57. The Balaban J connectivity index is 0.000000148. The van der Waals surface area contributed by atoms with Gasteiger partial charge in [0.2, 0.25) is 0 Å². The van der Waals surface area contributed by atoms with Crippen molar-refractivity contribution in [1.82, 2.24) is 0 Å². The fourth-order valence-electron chi connectivity index (χ4n) is 11.3. The SMILES string of the molecule is CC1CCC(C2CC3OC(C2)C3C2CCC(O)CC2)CC1.CC1CCC(C2CCC(C3CCC(O)CC3)CC2)CC1. The molecule has 3 heteroatoms. The molecule has 2 unspecified atom stereocenters. The van der Waals surface area contributed by atoms with Crippen LogP contribution in [0.25, 0.3) is 0 Å². The molecule has 3 nitrogen and oxygen atoms in total. The number of hydrogen-bond donors (Lipinski definition) is 2. The van der Waals surface area contributed by atoms with Gasteiger partial charge >= 0.3 is 0 Å². The van der Waals surface area contributed by atoms with Crippen LogP contribution in [0.15, 0.2) is 0 Å². The molecule has 8 rings (SSSR count). The average molecular weight is 571 g/mol. The predicted molar refractivity (Wildman–Crippen MR) is 168 cm³/mol. The van der Waals surface area contributed by atoms with Crippen molar-refractivity contribution in [3.63, 3.8) is 0 Å². The van der Waals surface area contributed by atoms with E-state index in [0.717, 1.165) is 84.9 Å². The molecule has 8 fully saturated rings. The Bertz CT molecular complexity index is 716. The zero-order chi connectivity index (χ0) is 28.3. The van der Waals surface area contributed by atoms with Gasteiger partial charge in [0, 0.05) is 5.92 Å². The largest absolute Gasteiger partial charge is 0.393 e. The van der Waals surface area contributed by atoms with E-state index >= 15 is 0 Å². The molecule has 0 spiro atoms. The minimum absolute atomic E-state index is 0.0148. The maximum absolute atomic E-state index is 9.70.